The quantitative estimate of drug-likeness (QED) is 0.561. The molecule has 0 bridgehead atoms. The van der Waals surface area contributed by atoms with Gasteiger partial charge in [-0.25, -0.2) is 9.59 Å². The number of aromatic nitrogens is 2. The Morgan fingerprint density at radius 3 is 2.33 bits per heavy atom. The van der Waals surface area contributed by atoms with Gasteiger partial charge in [0.2, 0.25) is 5.89 Å². The van der Waals surface area contributed by atoms with E-state index in [2.05, 4.69) is 34.6 Å². The summed E-state index contributed by atoms with van der Waals surface area (Å²) in [6.45, 7) is 8.27. The molecule has 1 aromatic heterocycles. The van der Waals surface area contributed by atoms with Crippen molar-refractivity contribution in [2.75, 3.05) is 0 Å². The number of carbonyl (C=O) groups is 2. The molecule has 5 N–H and O–H groups in total. The molecule has 1 aromatic rings. The molecule has 0 spiro atoms. The summed E-state index contributed by atoms with van der Waals surface area (Å²) in [5.74, 6) is -0.377. The van der Waals surface area contributed by atoms with E-state index in [0.717, 1.165) is 0 Å². The molecular formula is C15H29N5O4. The second-order valence-corrected chi connectivity index (χ2v) is 5.66. The van der Waals surface area contributed by atoms with Gasteiger partial charge in [0.1, 0.15) is 6.04 Å². The van der Waals surface area contributed by atoms with E-state index in [4.69, 9.17) is 15.4 Å². The van der Waals surface area contributed by atoms with E-state index in [1.54, 1.807) is 0 Å². The zero-order valence-corrected chi connectivity index (χ0v) is 14.8. The molecule has 0 aliphatic rings. The zero-order valence-electron chi connectivity index (χ0n) is 14.8. The first kappa shape index (κ1) is 21.8. The van der Waals surface area contributed by atoms with E-state index >= 15 is 0 Å². The molecule has 138 valence electrons. The number of amides is 2. The van der Waals surface area contributed by atoms with Crippen molar-refractivity contribution < 1.29 is 19.2 Å². The van der Waals surface area contributed by atoms with Crippen LogP contribution in [0.1, 0.15) is 58.7 Å². The highest BCUT2D eigenvalue weighted by molar-refractivity contribution is 5.82. The minimum Gasteiger partial charge on any atom is -0.480 e. The zero-order chi connectivity index (χ0) is 18.5. The number of unbranched alkanes of at least 4 members (excludes halogenated alkanes) is 1. The molecule has 0 unspecified atom stereocenters. The Morgan fingerprint density at radius 2 is 1.92 bits per heavy atom. The number of nitrogens with one attached hydrogen (secondary N) is 2. The Balaban J connectivity index is 0.00000118. The fourth-order valence-corrected chi connectivity index (χ4v) is 1.50. The summed E-state index contributed by atoms with van der Waals surface area (Å²) in [6.07, 6.45) is 2.99. The number of rotatable bonds is 8. The van der Waals surface area contributed by atoms with E-state index in [1.807, 2.05) is 13.8 Å². The average Bonchev–Trinajstić information content (AvgIpc) is 3.00. The Bertz CT molecular complexity index is 488. The minimum absolute atomic E-state index is 0.00680. The van der Waals surface area contributed by atoms with Gasteiger partial charge in [0.15, 0.2) is 5.82 Å². The highest BCUT2D eigenvalue weighted by Crippen LogP contribution is 2.04. The number of carboxylic acids is 1. The maximum Gasteiger partial charge on any atom is 0.326 e. The van der Waals surface area contributed by atoms with Crippen molar-refractivity contribution in [2.24, 2.45) is 11.7 Å². The molecule has 9 nitrogen and oxygen atoms in total. The largest absolute Gasteiger partial charge is 0.480 e. The van der Waals surface area contributed by atoms with Crippen molar-refractivity contribution in [2.45, 2.75) is 66.1 Å². The summed E-state index contributed by atoms with van der Waals surface area (Å²) in [7, 11) is 0. The van der Waals surface area contributed by atoms with Gasteiger partial charge < -0.3 is 26.0 Å². The van der Waals surface area contributed by atoms with E-state index in [1.165, 1.54) is 12.8 Å². The third kappa shape index (κ3) is 9.78. The number of hydrogen-bond donors (Lipinski definition) is 4. The van der Waals surface area contributed by atoms with Crippen molar-refractivity contribution in [3.63, 3.8) is 0 Å². The summed E-state index contributed by atoms with van der Waals surface area (Å²) in [4.78, 5) is 26.5. The second kappa shape index (κ2) is 12.3. The van der Waals surface area contributed by atoms with Gasteiger partial charge >= 0.3 is 12.0 Å². The molecular weight excluding hydrogens is 314 g/mol. The molecule has 9 heteroatoms. The van der Waals surface area contributed by atoms with Crippen LogP contribution in [0.3, 0.4) is 0 Å². The first-order chi connectivity index (χ1) is 11.3. The van der Waals surface area contributed by atoms with Crippen LogP contribution in [0.4, 0.5) is 4.79 Å². The maximum absolute atomic E-state index is 11.6. The van der Waals surface area contributed by atoms with E-state index in [-0.39, 0.29) is 24.9 Å². The van der Waals surface area contributed by atoms with Crippen molar-refractivity contribution in [3.8, 4) is 0 Å². The summed E-state index contributed by atoms with van der Waals surface area (Å²) in [5, 5.41) is 17.4. The predicted octanol–water partition coefficient (Wildman–Crippen LogP) is 1.63. The number of hydrogen-bond acceptors (Lipinski definition) is 6. The molecule has 1 heterocycles. The number of aliphatic carboxylic acids is 1. The SMILES string of the molecule is CC(C)C[C@H](NC(=O)NCc1nc(CN)no1)C(=O)O.CCCC. The Labute approximate surface area is 142 Å². The highest BCUT2D eigenvalue weighted by atomic mass is 16.5. The highest BCUT2D eigenvalue weighted by Gasteiger charge is 2.21. The lowest BCUT2D eigenvalue weighted by atomic mass is 10.0. The van der Waals surface area contributed by atoms with Crippen LogP contribution in [0.15, 0.2) is 4.52 Å². The second-order valence-electron chi connectivity index (χ2n) is 5.66. The molecule has 0 fully saturated rings. The van der Waals surface area contributed by atoms with E-state index in [9.17, 15) is 9.59 Å². The van der Waals surface area contributed by atoms with Crippen molar-refractivity contribution in [1.29, 1.82) is 0 Å². The van der Waals surface area contributed by atoms with Gasteiger partial charge in [-0.15, -0.1) is 0 Å². The molecule has 0 aliphatic carbocycles. The number of nitrogens with two attached hydrogens (primary N) is 1. The van der Waals surface area contributed by atoms with Crippen molar-refractivity contribution in [3.05, 3.63) is 11.7 Å². The van der Waals surface area contributed by atoms with Crippen LogP contribution < -0.4 is 16.4 Å². The summed E-state index contributed by atoms with van der Waals surface area (Å²) < 4.78 is 4.82. The van der Waals surface area contributed by atoms with Crippen LogP contribution in [0.2, 0.25) is 0 Å². The first-order valence-corrected chi connectivity index (χ1v) is 8.12. The van der Waals surface area contributed by atoms with Crippen LogP contribution >= 0.6 is 0 Å². The van der Waals surface area contributed by atoms with Gasteiger partial charge in [0.25, 0.3) is 0 Å². The molecule has 0 saturated carbocycles. The fraction of sp³-hybridized carbons (Fsp3) is 0.733. The van der Waals surface area contributed by atoms with Crippen LogP contribution in [0.5, 0.6) is 0 Å². The fourth-order valence-electron chi connectivity index (χ4n) is 1.50. The standard InChI is InChI=1S/C11H19N5O4.C4H10/c1-6(2)3-7(10(17)18)14-11(19)13-5-9-15-8(4-12)16-20-9;1-3-4-2/h6-7H,3-5,12H2,1-2H3,(H,17,18)(H2,13,14,19);3-4H2,1-2H3/t7-;/m0./s1. The number of carboxylic acid groups (broad SMARTS) is 1. The van der Waals surface area contributed by atoms with Crippen LogP contribution in [-0.2, 0) is 17.9 Å². The summed E-state index contributed by atoms with van der Waals surface area (Å²) in [6, 6.07) is -1.54. The van der Waals surface area contributed by atoms with E-state index < -0.39 is 18.0 Å². The number of nitrogens with zero attached hydrogens (tertiary/aromatic N) is 2. The van der Waals surface area contributed by atoms with E-state index in [0.29, 0.717) is 12.2 Å². The smallest absolute Gasteiger partial charge is 0.326 e. The third-order valence-electron chi connectivity index (χ3n) is 2.90. The van der Waals surface area contributed by atoms with Gasteiger partial charge in [-0.05, 0) is 12.3 Å². The van der Waals surface area contributed by atoms with Gasteiger partial charge in [-0.3, -0.25) is 0 Å². The Kier molecular flexibility index (Phi) is 11.2. The van der Waals surface area contributed by atoms with Crippen molar-refractivity contribution in [1.82, 2.24) is 20.8 Å². The molecule has 1 rings (SSSR count). The topological polar surface area (TPSA) is 143 Å². The average molecular weight is 343 g/mol. The lowest BCUT2D eigenvalue weighted by Gasteiger charge is -2.16. The summed E-state index contributed by atoms with van der Waals surface area (Å²) in [5.41, 5.74) is 5.31. The molecule has 0 aromatic carbocycles. The maximum atomic E-state index is 11.6. The van der Waals surface area contributed by atoms with Crippen molar-refractivity contribution >= 4 is 12.0 Å². The number of urea groups is 1. The molecule has 0 radical (unpaired) electrons. The van der Waals surface area contributed by atoms with Crippen LogP contribution in [-0.4, -0.2) is 33.3 Å². The Hall–Kier alpha value is -2.16. The molecule has 1 atom stereocenters. The normalized spacial score (nSPS) is 11.4. The van der Waals surface area contributed by atoms with Gasteiger partial charge in [-0.2, -0.15) is 4.98 Å². The minimum atomic E-state index is -1.07. The predicted molar refractivity (Wildman–Crippen MR) is 89.0 cm³/mol. The monoisotopic (exact) mass is 343 g/mol. The molecule has 2 amide bonds. The molecule has 24 heavy (non-hydrogen) atoms. The third-order valence-corrected chi connectivity index (χ3v) is 2.90. The van der Waals surface area contributed by atoms with Gasteiger partial charge in [0, 0.05) is 0 Å². The lowest BCUT2D eigenvalue weighted by molar-refractivity contribution is -0.139. The van der Waals surface area contributed by atoms with Gasteiger partial charge in [0.05, 0.1) is 13.1 Å². The Morgan fingerprint density at radius 1 is 1.29 bits per heavy atom. The lowest BCUT2D eigenvalue weighted by Crippen LogP contribution is -2.46. The molecule has 0 aliphatic heterocycles. The summed E-state index contributed by atoms with van der Waals surface area (Å²) >= 11 is 0. The van der Waals surface area contributed by atoms with Gasteiger partial charge in [-0.1, -0.05) is 45.7 Å². The molecule has 0 saturated heterocycles. The van der Waals surface area contributed by atoms with Crippen LogP contribution in [0, 0.1) is 5.92 Å². The first-order valence-electron chi connectivity index (χ1n) is 8.12. The number of carbonyl (C=O) groups excluding carboxylic acids is 1. The van der Waals surface area contributed by atoms with Crippen LogP contribution in [0.25, 0.3) is 0 Å².